The highest BCUT2D eigenvalue weighted by molar-refractivity contribution is 6.36. The van der Waals surface area contributed by atoms with Crippen LogP contribution in [0.3, 0.4) is 0 Å². The van der Waals surface area contributed by atoms with Gasteiger partial charge in [-0.1, -0.05) is 49.2 Å². The molecular weight excluding hydrogens is 343 g/mol. The molecule has 1 unspecified atom stereocenters. The molecule has 0 radical (unpaired) electrons. The lowest BCUT2D eigenvalue weighted by atomic mass is 9.81. The van der Waals surface area contributed by atoms with Crippen molar-refractivity contribution in [3.63, 3.8) is 0 Å². The highest BCUT2D eigenvalue weighted by atomic mass is 35.5. The van der Waals surface area contributed by atoms with Crippen LogP contribution in [0.4, 0.5) is 0 Å². The lowest BCUT2D eigenvalue weighted by molar-refractivity contribution is 0.410. The third-order valence-electron chi connectivity index (χ3n) is 4.55. The minimum Gasteiger partial charge on any atom is -0.496 e. The first-order valence-electron chi connectivity index (χ1n) is 8.01. The average molecular weight is 363 g/mol. The fourth-order valence-corrected chi connectivity index (χ4v) is 3.71. The molecule has 2 heterocycles. The van der Waals surface area contributed by atoms with Crippen LogP contribution in [0, 0.1) is 5.92 Å². The second-order valence-corrected chi connectivity index (χ2v) is 7.14. The molecule has 1 aromatic heterocycles. The second kappa shape index (κ2) is 7.12. The van der Waals surface area contributed by atoms with E-state index < -0.39 is 0 Å². The quantitative estimate of drug-likeness (QED) is 0.750. The minimum absolute atomic E-state index is 0.391. The lowest BCUT2D eigenvalue weighted by Gasteiger charge is -2.29. The maximum Gasteiger partial charge on any atom is 0.128 e. The second-order valence-electron chi connectivity index (χ2n) is 6.32. The number of aromatic nitrogens is 1. The van der Waals surface area contributed by atoms with Crippen LogP contribution in [0.25, 0.3) is 0 Å². The standard InChI is InChI=1S/C19H20Cl2N2O/c1-11(2)14-8-23-17(7-13-15(20)9-22-10-16(13)21)19-12(14)5-4-6-18(19)24-3/h4-6,9-11,14H,7-8H2,1-3H3. The van der Waals surface area contributed by atoms with Gasteiger partial charge in [0.25, 0.3) is 0 Å². The monoisotopic (exact) mass is 362 g/mol. The van der Waals surface area contributed by atoms with Gasteiger partial charge >= 0.3 is 0 Å². The largest absolute Gasteiger partial charge is 0.496 e. The van der Waals surface area contributed by atoms with E-state index >= 15 is 0 Å². The van der Waals surface area contributed by atoms with Gasteiger partial charge in [0, 0.05) is 36.8 Å². The maximum atomic E-state index is 6.30. The van der Waals surface area contributed by atoms with Crippen molar-refractivity contribution in [2.45, 2.75) is 26.2 Å². The summed E-state index contributed by atoms with van der Waals surface area (Å²) in [5, 5.41) is 1.13. The molecule has 2 aromatic rings. The number of fused-ring (bicyclic) bond motifs is 1. The molecule has 3 nitrogen and oxygen atoms in total. The Labute approximate surface area is 152 Å². The topological polar surface area (TPSA) is 34.5 Å². The molecule has 1 atom stereocenters. The Kier molecular flexibility index (Phi) is 5.12. The zero-order valence-electron chi connectivity index (χ0n) is 14.0. The number of methoxy groups -OCH3 is 1. The van der Waals surface area contributed by atoms with Gasteiger partial charge in [-0.2, -0.15) is 0 Å². The molecule has 1 aromatic carbocycles. The fourth-order valence-electron chi connectivity index (χ4n) is 3.21. The van der Waals surface area contributed by atoms with E-state index in [1.54, 1.807) is 19.5 Å². The summed E-state index contributed by atoms with van der Waals surface area (Å²) >= 11 is 12.6. The highest BCUT2D eigenvalue weighted by Gasteiger charge is 2.28. The fraction of sp³-hybridized carbons (Fsp3) is 0.368. The number of aliphatic imine (C=N–C) groups is 1. The van der Waals surface area contributed by atoms with Gasteiger partial charge in [-0.15, -0.1) is 0 Å². The Morgan fingerprint density at radius 2 is 1.92 bits per heavy atom. The van der Waals surface area contributed by atoms with Gasteiger partial charge in [0.05, 0.1) is 22.9 Å². The lowest BCUT2D eigenvalue weighted by Crippen LogP contribution is -2.23. The molecular formula is C19H20Cl2N2O. The maximum absolute atomic E-state index is 6.30. The van der Waals surface area contributed by atoms with Crippen molar-refractivity contribution in [1.82, 2.24) is 4.98 Å². The van der Waals surface area contributed by atoms with Crippen molar-refractivity contribution in [2.24, 2.45) is 10.9 Å². The molecule has 0 saturated carbocycles. The first-order valence-corrected chi connectivity index (χ1v) is 8.77. The summed E-state index contributed by atoms with van der Waals surface area (Å²) in [5.41, 5.74) is 4.19. The summed E-state index contributed by atoms with van der Waals surface area (Å²) in [5.74, 6) is 1.74. The number of benzene rings is 1. The third kappa shape index (κ3) is 3.15. The van der Waals surface area contributed by atoms with Crippen LogP contribution in [-0.4, -0.2) is 24.4 Å². The zero-order chi connectivity index (χ0) is 17.3. The van der Waals surface area contributed by atoms with Crippen LogP contribution in [0.2, 0.25) is 10.0 Å². The molecule has 24 heavy (non-hydrogen) atoms. The Morgan fingerprint density at radius 3 is 2.54 bits per heavy atom. The van der Waals surface area contributed by atoms with Gasteiger partial charge in [-0.25, -0.2) is 0 Å². The van der Waals surface area contributed by atoms with Crippen LogP contribution in [-0.2, 0) is 6.42 Å². The van der Waals surface area contributed by atoms with Crippen LogP contribution in [0.15, 0.2) is 35.6 Å². The van der Waals surface area contributed by atoms with Gasteiger partial charge in [-0.3, -0.25) is 9.98 Å². The van der Waals surface area contributed by atoms with Crippen molar-refractivity contribution >= 4 is 28.9 Å². The Morgan fingerprint density at radius 1 is 1.21 bits per heavy atom. The number of halogens is 2. The summed E-state index contributed by atoms with van der Waals surface area (Å²) in [4.78, 5) is 8.88. The number of nitrogens with zero attached hydrogens (tertiary/aromatic N) is 2. The zero-order valence-corrected chi connectivity index (χ0v) is 15.5. The average Bonchev–Trinajstić information content (AvgIpc) is 2.57. The molecule has 0 spiro atoms. The van der Waals surface area contributed by atoms with Crippen LogP contribution in [0.5, 0.6) is 5.75 Å². The molecule has 0 bridgehead atoms. The van der Waals surface area contributed by atoms with E-state index in [2.05, 4.69) is 24.9 Å². The molecule has 1 aliphatic rings. The first kappa shape index (κ1) is 17.2. The van der Waals surface area contributed by atoms with E-state index in [4.69, 9.17) is 32.9 Å². The van der Waals surface area contributed by atoms with Crippen molar-refractivity contribution in [3.05, 3.63) is 57.3 Å². The number of rotatable bonds is 4. The van der Waals surface area contributed by atoms with E-state index in [1.807, 2.05) is 12.1 Å². The molecule has 0 amide bonds. The van der Waals surface area contributed by atoms with E-state index in [9.17, 15) is 0 Å². The molecule has 0 saturated heterocycles. The smallest absolute Gasteiger partial charge is 0.128 e. The number of hydrogen-bond donors (Lipinski definition) is 0. The minimum atomic E-state index is 0.391. The van der Waals surface area contributed by atoms with E-state index in [0.717, 1.165) is 29.1 Å². The van der Waals surface area contributed by atoms with Crippen molar-refractivity contribution in [1.29, 1.82) is 0 Å². The highest BCUT2D eigenvalue weighted by Crippen LogP contribution is 2.37. The van der Waals surface area contributed by atoms with Crippen LogP contribution in [0.1, 0.15) is 36.5 Å². The number of pyridine rings is 1. The van der Waals surface area contributed by atoms with Crippen LogP contribution < -0.4 is 4.74 Å². The van der Waals surface area contributed by atoms with E-state index in [1.165, 1.54) is 5.56 Å². The SMILES string of the molecule is COc1cccc2c1C(Cc1c(Cl)cncc1Cl)=NCC2C(C)C. The summed E-state index contributed by atoms with van der Waals surface area (Å²) in [6.45, 7) is 5.23. The van der Waals surface area contributed by atoms with Crippen molar-refractivity contribution in [3.8, 4) is 5.75 Å². The molecule has 0 N–H and O–H groups in total. The van der Waals surface area contributed by atoms with Gasteiger partial charge < -0.3 is 4.74 Å². The molecule has 3 rings (SSSR count). The van der Waals surface area contributed by atoms with Gasteiger partial charge in [0.15, 0.2) is 0 Å². The Balaban J connectivity index is 2.08. The van der Waals surface area contributed by atoms with Crippen LogP contribution >= 0.6 is 23.2 Å². The third-order valence-corrected chi connectivity index (χ3v) is 5.20. The number of hydrogen-bond acceptors (Lipinski definition) is 3. The number of ether oxygens (including phenoxy) is 1. The Bertz CT molecular complexity index is 767. The first-order chi connectivity index (χ1) is 11.5. The van der Waals surface area contributed by atoms with E-state index in [0.29, 0.717) is 28.3 Å². The Hall–Kier alpha value is -1.58. The summed E-state index contributed by atoms with van der Waals surface area (Å²) < 4.78 is 5.61. The molecule has 126 valence electrons. The normalized spacial score (nSPS) is 16.8. The predicted molar refractivity (Wildman–Crippen MR) is 99.9 cm³/mol. The van der Waals surface area contributed by atoms with Gasteiger partial charge in [0.1, 0.15) is 5.75 Å². The summed E-state index contributed by atoms with van der Waals surface area (Å²) in [6, 6.07) is 6.20. The summed E-state index contributed by atoms with van der Waals surface area (Å²) in [6.07, 6.45) is 3.80. The van der Waals surface area contributed by atoms with Crippen molar-refractivity contribution in [2.75, 3.05) is 13.7 Å². The molecule has 1 aliphatic heterocycles. The van der Waals surface area contributed by atoms with E-state index in [-0.39, 0.29) is 0 Å². The summed E-state index contributed by atoms with van der Waals surface area (Å²) in [7, 11) is 1.69. The predicted octanol–water partition coefficient (Wildman–Crippen LogP) is 5.18. The molecule has 5 heteroatoms. The van der Waals surface area contributed by atoms with Gasteiger partial charge in [-0.05, 0) is 23.1 Å². The van der Waals surface area contributed by atoms with Crippen molar-refractivity contribution < 1.29 is 4.74 Å². The van der Waals surface area contributed by atoms with Gasteiger partial charge in [0.2, 0.25) is 0 Å². The molecule has 0 fully saturated rings. The molecule has 0 aliphatic carbocycles.